The first-order valence-corrected chi connectivity index (χ1v) is 6.13. The smallest absolute Gasteiger partial charge is 0.00703 e. The van der Waals surface area contributed by atoms with Gasteiger partial charge in [-0.2, -0.15) is 0 Å². The van der Waals surface area contributed by atoms with Crippen LogP contribution >= 0.6 is 0 Å². The summed E-state index contributed by atoms with van der Waals surface area (Å²) >= 11 is 0. The fraction of sp³-hybridized carbons (Fsp3) is 0.571. The molecule has 2 atom stereocenters. The zero-order chi connectivity index (χ0) is 10.7. The maximum atomic E-state index is 6.08. The first-order valence-electron chi connectivity index (χ1n) is 6.13. The van der Waals surface area contributed by atoms with Gasteiger partial charge in [0.1, 0.15) is 0 Å². The number of rotatable bonds is 3. The topological polar surface area (TPSA) is 26.0 Å². The van der Waals surface area contributed by atoms with Gasteiger partial charge in [0, 0.05) is 6.04 Å². The monoisotopic (exact) mass is 203 g/mol. The summed E-state index contributed by atoms with van der Waals surface area (Å²) < 4.78 is 0. The molecule has 1 aromatic rings. The van der Waals surface area contributed by atoms with Crippen LogP contribution in [0.3, 0.4) is 0 Å². The maximum absolute atomic E-state index is 6.08. The van der Waals surface area contributed by atoms with Gasteiger partial charge in [-0.1, -0.05) is 37.6 Å². The van der Waals surface area contributed by atoms with Crippen LogP contribution in [-0.4, -0.2) is 6.04 Å². The maximum Gasteiger partial charge on any atom is 0.00703 e. The summed E-state index contributed by atoms with van der Waals surface area (Å²) in [6, 6.07) is 9.47. The molecule has 0 heterocycles. The van der Waals surface area contributed by atoms with E-state index in [2.05, 4.69) is 31.2 Å². The summed E-state index contributed by atoms with van der Waals surface area (Å²) in [5.74, 6) is 0.720. The van der Waals surface area contributed by atoms with Gasteiger partial charge in [0.2, 0.25) is 0 Å². The van der Waals surface area contributed by atoms with Crippen molar-refractivity contribution in [1.29, 1.82) is 0 Å². The number of benzene rings is 1. The minimum absolute atomic E-state index is 0.441. The van der Waals surface area contributed by atoms with Gasteiger partial charge in [-0.05, 0) is 42.7 Å². The van der Waals surface area contributed by atoms with Crippen LogP contribution in [0.5, 0.6) is 0 Å². The summed E-state index contributed by atoms with van der Waals surface area (Å²) in [6.07, 6.45) is 6.15. The van der Waals surface area contributed by atoms with Crippen molar-refractivity contribution in [1.82, 2.24) is 0 Å². The van der Waals surface area contributed by atoms with Gasteiger partial charge in [-0.25, -0.2) is 0 Å². The van der Waals surface area contributed by atoms with E-state index in [1.807, 2.05) is 0 Å². The van der Waals surface area contributed by atoms with Crippen molar-refractivity contribution in [2.75, 3.05) is 0 Å². The van der Waals surface area contributed by atoms with Crippen molar-refractivity contribution >= 4 is 0 Å². The molecule has 1 aliphatic carbocycles. The van der Waals surface area contributed by atoms with E-state index in [1.54, 1.807) is 0 Å². The lowest BCUT2D eigenvalue weighted by atomic mass is 9.94. The van der Waals surface area contributed by atoms with E-state index < -0.39 is 0 Å². The molecule has 1 nitrogen and oxygen atoms in total. The third-order valence-corrected chi connectivity index (χ3v) is 3.65. The highest BCUT2D eigenvalue weighted by atomic mass is 14.7. The van der Waals surface area contributed by atoms with E-state index in [0.717, 1.165) is 12.3 Å². The van der Waals surface area contributed by atoms with Crippen LogP contribution in [0.4, 0.5) is 0 Å². The first-order chi connectivity index (χ1) is 7.29. The highest BCUT2D eigenvalue weighted by Gasteiger charge is 2.23. The van der Waals surface area contributed by atoms with Crippen molar-refractivity contribution in [2.24, 2.45) is 11.7 Å². The van der Waals surface area contributed by atoms with Crippen LogP contribution in [0, 0.1) is 5.92 Å². The van der Waals surface area contributed by atoms with Crippen LogP contribution in [0.1, 0.15) is 37.3 Å². The second-order valence-corrected chi connectivity index (χ2v) is 4.73. The van der Waals surface area contributed by atoms with Crippen molar-refractivity contribution < 1.29 is 0 Å². The molecular formula is C14H21N. The standard InChI is InChI=1S/C14H21N/c1-2-11-6-8-12(9-7-11)10-13-4-3-5-14(13)15/h6-9,13-14H,2-5,10,15H2,1H3. The van der Waals surface area contributed by atoms with E-state index in [-0.39, 0.29) is 0 Å². The van der Waals surface area contributed by atoms with Crippen LogP contribution in [0.15, 0.2) is 24.3 Å². The molecule has 1 fully saturated rings. The van der Waals surface area contributed by atoms with Crippen molar-refractivity contribution in [3.05, 3.63) is 35.4 Å². The Labute approximate surface area is 92.7 Å². The molecule has 2 unspecified atom stereocenters. The molecule has 0 bridgehead atoms. The Kier molecular flexibility index (Phi) is 3.42. The normalized spacial score (nSPS) is 25.7. The highest BCUT2D eigenvalue weighted by molar-refractivity contribution is 5.23. The van der Waals surface area contributed by atoms with Crippen molar-refractivity contribution in [2.45, 2.75) is 45.1 Å². The second-order valence-electron chi connectivity index (χ2n) is 4.73. The predicted octanol–water partition coefficient (Wildman–Crippen LogP) is 2.92. The molecular weight excluding hydrogens is 182 g/mol. The van der Waals surface area contributed by atoms with Crippen LogP contribution in [0.25, 0.3) is 0 Å². The number of hydrogen-bond acceptors (Lipinski definition) is 1. The molecule has 0 aromatic heterocycles. The molecule has 0 spiro atoms. The fourth-order valence-electron chi connectivity index (χ4n) is 2.53. The van der Waals surface area contributed by atoms with Crippen LogP contribution in [0.2, 0.25) is 0 Å². The van der Waals surface area contributed by atoms with Crippen molar-refractivity contribution in [3.8, 4) is 0 Å². The van der Waals surface area contributed by atoms with Crippen LogP contribution < -0.4 is 5.73 Å². The zero-order valence-electron chi connectivity index (χ0n) is 9.58. The summed E-state index contributed by atoms with van der Waals surface area (Å²) in [6.45, 7) is 2.20. The van der Waals surface area contributed by atoms with Gasteiger partial charge < -0.3 is 5.73 Å². The average Bonchev–Trinajstić information content (AvgIpc) is 2.66. The highest BCUT2D eigenvalue weighted by Crippen LogP contribution is 2.27. The van der Waals surface area contributed by atoms with Gasteiger partial charge in [-0.3, -0.25) is 0 Å². The van der Waals surface area contributed by atoms with Crippen molar-refractivity contribution in [3.63, 3.8) is 0 Å². The van der Waals surface area contributed by atoms with Gasteiger partial charge in [-0.15, -0.1) is 0 Å². The molecule has 82 valence electrons. The lowest BCUT2D eigenvalue weighted by molar-refractivity contribution is 0.479. The Hall–Kier alpha value is -0.820. The minimum atomic E-state index is 0.441. The molecule has 1 saturated carbocycles. The Bertz CT molecular complexity index is 302. The number of hydrogen-bond donors (Lipinski definition) is 1. The van der Waals surface area contributed by atoms with Gasteiger partial charge in [0.15, 0.2) is 0 Å². The lowest BCUT2D eigenvalue weighted by Gasteiger charge is -2.15. The largest absolute Gasteiger partial charge is 0.327 e. The molecule has 1 heteroatoms. The molecule has 2 rings (SSSR count). The van der Waals surface area contributed by atoms with E-state index in [9.17, 15) is 0 Å². The summed E-state index contributed by atoms with van der Waals surface area (Å²) in [5, 5.41) is 0. The van der Waals surface area contributed by atoms with E-state index >= 15 is 0 Å². The molecule has 0 radical (unpaired) electrons. The lowest BCUT2D eigenvalue weighted by Crippen LogP contribution is -2.25. The SMILES string of the molecule is CCc1ccc(CC2CCCC2N)cc1. The molecule has 0 saturated heterocycles. The Morgan fingerprint density at radius 3 is 2.33 bits per heavy atom. The number of nitrogens with two attached hydrogens (primary N) is 1. The van der Waals surface area contributed by atoms with Gasteiger partial charge in [0.05, 0.1) is 0 Å². The Balaban J connectivity index is 1.98. The van der Waals surface area contributed by atoms with E-state index in [0.29, 0.717) is 6.04 Å². The molecule has 1 aliphatic rings. The molecule has 0 amide bonds. The Morgan fingerprint density at radius 2 is 1.80 bits per heavy atom. The van der Waals surface area contributed by atoms with E-state index in [1.165, 1.54) is 36.8 Å². The Morgan fingerprint density at radius 1 is 1.13 bits per heavy atom. The first kappa shape index (κ1) is 10.7. The fourth-order valence-corrected chi connectivity index (χ4v) is 2.53. The van der Waals surface area contributed by atoms with Gasteiger partial charge >= 0.3 is 0 Å². The predicted molar refractivity (Wildman–Crippen MR) is 64.8 cm³/mol. The minimum Gasteiger partial charge on any atom is -0.327 e. The van der Waals surface area contributed by atoms with E-state index in [4.69, 9.17) is 5.73 Å². The third kappa shape index (κ3) is 2.60. The molecule has 1 aromatic carbocycles. The molecule has 2 N–H and O–H groups in total. The average molecular weight is 203 g/mol. The van der Waals surface area contributed by atoms with Crippen LogP contribution in [-0.2, 0) is 12.8 Å². The number of aryl methyl sites for hydroxylation is 1. The molecule has 15 heavy (non-hydrogen) atoms. The summed E-state index contributed by atoms with van der Waals surface area (Å²) in [4.78, 5) is 0. The quantitative estimate of drug-likeness (QED) is 0.803. The molecule has 0 aliphatic heterocycles. The third-order valence-electron chi connectivity index (χ3n) is 3.65. The zero-order valence-corrected chi connectivity index (χ0v) is 9.58. The second kappa shape index (κ2) is 4.80. The summed E-state index contributed by atoms with van der Waals surface area (Å²) in [7, 11) is 0. The summed E-state index contributed by atoms with van der Waals surface area (Å²) in [5.41, 5.74) is 8.96. The van der Waals surface area contributed by atoms with Gasteiger partial charge in [0.25, 0.3) is 0 Å².